The minimum atomic E-state index is -0.0250. The van der Waals surface area contributed by atoms with Crippen LogP contribution in [-0.4, -0.2) is 33.7 Å². The Kier molecular flexibility index (Phi) is 6.23. The predicted octanol–water partition coefficient (Wildman–Crippen LogP) is 2.48. The number of aromatic nitrogens is 2. The molecule has 0 aromatic carbocycles. The van der Waals surface area contributed by atoms with E-state index < -0.39 is 0 Å². The van der Waals surface area contributed by atoms with Gasteiger partial charge in [-0.25, -0.2) is 0 Å². The van der Waals surface area contributed by atoms with Crippen LogP contribution >= 0.6 is 0 Å². The Morgan fingerprint density at radius 1 is 1.50 bits per heavy atom. The summed E-state index contributed by atoms with van der Waals surface area (Å²) in [5.74, 6) is 0.351. The van der Waals surface area contributed by atoms with E-state index >= 15 is 0 Å². The van der Waals surface area contributed by atoms with E-state index in [0.29, 0.717) is 37.7 Å². The fraction of sp³-hybridized carbons (Fsp3) is 0.667. The molecule has 110 valence electrons. The summed E-state index contributed by atoms with van der Waals surface area (Å²) in [6.07, 6.45) is 1.18. The van der Waals surface area contributed by atoms with Crippen molar-refractivity contribution < 1.29 is 4.79 Å². The molecule has 1 amide bonds. The second-order valence-corrected chi connectivity index (χ2v) is 5.24. The van der Waals surface area contributed by atoms with E-state index in [1.54, 1.807) is 9.58 Å². The number of carbonyl (C=O) groups excluding carboxylic acids is 1. The molecule has 5 heteroatoms. The first-order valence-corrected chi connectivity index (χ1v) is 7.26. The van der Waals surface area contributed by atoms with Gasteiger partial charge in [0.15, 0.2) is 0 Å². The maximum absolute atomic E-state index is 12.7. The van der Waals surface area contributed by atoms with Crippen molar-refractivity contribution in [3.63, 3.8) is 0 Å². The van der Waals surface area contributed by atoms with E-state index in [0.717, 1.165) is 12.1 Å². The van der Waals surface area contributed by atoms with E-state index in [-0.39, 0.29) is 5.91 Å². The molecule has 0 N–H and O–H groups in total. The fourth-order valence-electron chi connectivity index (χ4n) is 2.12. The summed E-state index contributed by atoms with van der Waals surface area (Å²) in [4.78, 5) is 14.4. The average molecular weight is 276 g/mol. The lowest BCUT2D eigenvalue weighted by atomic mass is 10.2. The molecule has 1 aromatic heterocycles. The Labute approximate surface area is 121 Å². The Bertz CT molecular complexity index is 485. The summed E-state index contributed by atoms with van der Waals surface area (Å²) in [6, 6.07) is 3.97. The van der Waals surface area contributed by atoms with Crippen molar-refractivity contribution in [2.24, 2.45) is 5.92 Å². The monoisotopic (exact) mass is 276 g/mol. The number of hydrogen-bond acceptors (Lipinski definition) is 3. The number of nitrogens with zero attached hydrogens (tertiary/aromatic N) is 4. The number of amides is 1. The smallest absolute Gasteiger partial charge is 0.272 e. The van der Waals surface area contributed by atoms with Gasteiger partial charge < -0.3 is 4.90 Å². The van der Waals surface area contributed by atoms with Crippen LogP contribution in [0.2, 0.25) is 0 Å². The molecule has 0 atom stereocenters. The number of carbonyl (C=O) groups is 1. The third-order valence-corrected chi connectivity index (χ3v) is 3.08. The molecule has 0 radical (unpaired) electrons. The number of aryl methyl sites for hydroxylation is 2. The standard InChI is InChI=1S/C15H24N4O/c1-5-13-10-14(19(6-2)17-13)15(20)18(9-7-8-16)11-12(3)4/h10,12H,5-7,9,11H2,1-4H3. The van der Waals surface area contributed by atoms with Gasteiger partial charge in [0, 0.05) is 19.6 Å². The molecule has 5 nitrogen and oxygen atoms in total. The third kappa shape index (κ3) is 4.09. The second-order valence-electron chi connectivity index (χ2n) is 5.24. The zero-order valence-corrected chi connectivity index (χ0v) is 12.9. The van der Waals surface area contributed by atoms with Gasteiger partial charge in [-0.1, -0.05) is 20.8 Å². The van der Waals surface area contributed by atoms with E-state index in [4.69, 9.17) is 5.26 Å². The molecule has 0 aliphatic carbocycles. The highest BCUT2D eigenvalue weighted by Gasteiger charge is 2.21. The normalized spacial score (nSPS) is 10.6. The Morgan fingerprint density at radius 3 is 2.70 bits per heavy atom. The molecular weight excluding hydrogens is 252 g/mol. The molecule has 0 fully saturated rings. The van der Waals surface area contributed by atoms with Gasteiger partial charge in [0.1, 0.15) is 5.69 Å². The zero-order valence-electron chi connectivity index (χ0n) is 12.9. The van der Waals surface area contributed by atoms with Gasteiger partial charge >= 0.3 is 0 Å². The van der Waals surface area contributed by atoms with Gasteiger partial charge in [0.2, 0.25) is 0 Å². The van der Waals surface area contributed by atoms with Crippen LogP contribution in [0, 0.1) is 17.2 Å². The van der Waals surface area contributed by atoms with Crippen molar-refractivity contribution in [2.75, 3.05) is 13.1 Å². The van der Waals surface area contributed by atoms with Crippen molar-refractivity contribution in [2.45, 2.75) is 47.1 Å². The minimum Gasteiger partial charge on any atom is -0.336 e. The zero-order chi connectivity index (χ0) is 15.1. The van der Waals surface area contributed by atoms with Gasteiger partial charge in [-0.15, -0.1) is 0 Å². The maximum atomic E-state index is 12.7. The summed E-state index contributed by atoms with van der Waals surface area (Å²) in [6.45, 7) is 9.96. The predicted molar refractivity (Wildman–Crippen MR) is 78.3 cm³/mol. The topological polar surface area (TPSA) is 61.9 Å². The lowest BCUT2D eigenvalue weighted by Crippen LogP contribution is -2.36. The van der Waals surface area contributed by atoms with Crippen LogP contribution in [0.1, 0.15) is 50.3 Å². The van der Waals surface area contributed by atoms with Gasteiger partial charge in [0.25, 0.3) is 5.91 Å². The lowest BCUT2D eigenvalue weighted by Gasteiger charge is -2.23. The largest absolute Gasteiger partial charge is 0.336 e. The summed E-state index contributed by atoms with van der Waals surface area (Å²) in [7, 11) is 0. The Hall–Kier alpha value is -1.83. The Balaban J connectivity index is 2.98. The second kappa shape index (κ2) is 7.68. The van der Waals surface area contributed by atoms with Gasteiger partial charge in [-0.3, -0.25) is 9.48 Å². The molecule has 0 unspecified atom stereocenters. The highest BCUT2D eigenvalue weighted by molar-refractivity contribution is 5.92. The third-order valence-electron chi connectivity index (χ3n) is 3.08. The molecule has 1 heterocycles. The number of hydrogen-bond donors (Lipinski definition) is 0. The SMILES string of the molecule is CCc1cc(C(=O)N(CCC#N)CC(C)C)n(CC)n1. The van der Waals surface area contributed by atoms with Gasteiger partial charge in [0.05, 0.1) is 18.2 Å². The van der Waals surface area contributed by atoms with Crippen molar-refractivity contribution in [3.05, 3.63) is 17.5 Å². The molecular formula is C15H24N4O. The van der Waals surface area contributed by atoms with E-state index in [9.17, 15) is 4.79 Å². The molecule has 0 aliphatic rings. The Morgan fingerprint density at radius 2 is 2.20 bits per heavy atom. The molecule has 0 saturated heterocycles. The highest BCUT2D eigenvalue weighted by Crippen LogP contribution is 2.11. The molecule has 0 aliphatic heterocycles. The van der Waals surface area contributed by atoms with Crippen LogP contribution in [-0.2, 0) is 13.0 Å². The van der Waals surface area contributed by atoms with Crippen molar-refractivity contribution in [1.29, 1.82) is 5.26 Å². The number of rotatable bonds is 7. The lowest BCUT2D eigenvalue weighted by molar-refractivity contribution is 0.0727. The van der Waals surface area contributed by atoms with Crippen LogP contribution in [0.25, 0.3) is 0 Å². The molecule has 0 saturated carbocycles. The molecule has 0 bridgehead atoms. The van der Waals surface area contributed by atoms with Crippen LogP contribution in [0.3, 0.4) is 0 Å². The van der Waals surface area contributed by atoms with Crippen molar-refractivity contribution >= 4 is 5.91 Å². The first kappa shape index (κ1) is 16.2. The molecule has 1 aromatic rings. The van der Waals surface area contributed by atoms with E-state index in [2.05, 4.69) is 25.0 Å². The highest BCUT2D eigenvalue weighted by atomic mass is 16.2. The summed E-state index contributed by atoms with van der Waals surface area (Å²) in [5.41, 5.74) is 1.56. The fourth-order valence-corrected chi connectivity index (χ4v) is 2.12. The average Bonchev–Trinajstić information content (AvgIpc) is 2.85. The summed E-state index contributed by atoms with van der Waals surface area (Å²) >= 11 is 0. The van der Waals surface area contributed by atoms with E-state index in [1.165, 1.54) is 0 Å². The van der Waals surface area contributed by atoms with Crippen molar-refractivity contribution in [3.8, 4) is 6.07 Å². The quantitative estimate of drug-likeness (QED) is 0.768. The van der Waals surface area contributed by atoms with Crippen LogP contribution < -0.4 is 0 Å². The van der Waals surface area contributed by atoms with Crippen LogP contribution in [0.15, 0.2) is 6.07 Å². The van der Waals surface area contributed by atoms with Crippen LogP contribution in [0.5, 0.6) is 0 Å². The summed E-state index contributed by atoms with van der Waals surface area (Å²) < 4.78 is 1.75. The van der Waals surface area contributed by atoms with Crippen LogP contribution in [0.4, 0.5) is 0 Å². The first-order chi connectivity index (χ1) is 9.53. The van der Waals surface area contributed by atoms with Gasteiger partial charge in [-0.2, -0.15) is 10.4 Å². The molecule has 1 rings (SSSR count). The minimum absolute atomic E-state index is 0.0250. The van der Waals surface area contributed by atoms with Gasteiger partial charge in [-0.05, 0) is 25.3 Å². The maximum Gasteiger partial charge on any atom is 0.272 e. The summed E-state index contributed by atoms with van der Waals surface area (Å²) in [5, 5.41) is 13.2. The first-order valence-electron chi connectivity index (χ1n) is 7.26. The molecule has 0 spiro atoms. The number of nitriles is 1. The van der Waals surface area contributed by atoms with Crippen molar-refractivity contribution in [1.82, 2.24) is 14.7 Å². The van der Waals surface area contributed by atoms with E-state index in [1.807, 2.05) is 19.9 Å². The molecule has 20 heavy (non-hydrogen) atoms.